The van der Waals surface area contributed by atoms with Crippen molar-refractivity contribution in [3.8, 4) is 0 Å². The Hall–Kier alpha value is -0.121. The van der Waals surface area contributed by atoms with Gasteiger partial charge in [-0.05, 0) is 0 Å². The molecule has 9 heavy (non-hydrogen) atoms. The molecule has 2 radical (unpaired) electrons. The second kappa shape index (κ2) is 3.15. The third-order valence-electron chi connectivity index (χ3n) is 1.02. The normalized spacial score (nSPS) is 9.56. The summed E-state index contributed by atoms with van der Waals surface area (Å²) < 4.78 is 1.10. The van der Waals surface area contributed by atoms with Gasteiger partial charge in [0.05, 0.1) is 0 Å². The SMILES string of the molecule is [CH3][Sn][c]1nccc(C)n1. The number of aromatic nitrogens is 2. The Kier molecular flexibility index (Phi) is 2.45. The molecular weight excluding hydrogens is 219 g/mol. The first-order chi connectivity index (χ1) is 4.33. The molecule has 0 amide bonds. The molecule has 0 N–H and O–H groups in total. The summed E-state index contributed by atoms with van der Waals surface area (Å²) in [5.74, 6) is 0. The monoisotopic (exact) mass is 228 g/mol. The van der Waals surface area contributed by atoms with Gasteiger partial charge in [-0.1, -0.05) is 0 Å². The average Bonchev–Trinajstić information content (AvgIpc) is 1.88. The fourth-order valence-corrected chi connectivity index (χ4v) is 1.97. The molecule has 0 saturated heterocycles. The summed E-state index contributed by atoms with van der Waals surface area (Å²) in [5, 5.41) is 0. The Balaban J connectivity index is 2.94. The second-order valence-electron chi connectivity index (χ2n) is 1.77. The topological polar surface area (TPSA) is 25.8 Å². The first kappa shape index (κ1) is 6.99. The minimum atomic E-state index is -0.392. The summed E-state index contributed by atoms with van der Waals surface area (Å²) in [6, 6.07) is 1.93. The van der Waals surface area contributed by atoms with Gasteiger partial charge in [-0.2, -0.15) is 0 Å². The van der Waals surface area contributed by atoms with E-state index in [1.54, 1.807) is 0 Å². The van der Waals surface area contributed by atoms with Crippen LogP contribution in [0.3, 0.4) is 0 Å². The van der Waals surface area contributed by atoms with Gasteiger partial charge >= 0.3 is 64.8 Å². The van der Waals surface area contributed by atoms with E-state index < -0.39 is 21.1 Å². The minimum absolute atomic E-state index is 0.392. The van der Waals surface area contributed by atoms with Crippen molar-refractivity contribution >= 4 is 25.0 Å². The summed E-state index contributed by atoms with van der Waals surface area (Å²) in [6.45, 7) is 2.00. The van der Waals surface area contributed by atoms with Crippen LogP contribution in [0.15, 0.2) is 12.3 Å². The van der Waals surface area contributed by atoms with Crippen molar-refractivity contribution < 1.29 is 0 Å². The van der Waals surface area contributed by atoms with Gasteiger partial charge in [0.2, 0.25) is 0 Å². The molecule has 0 aliphatic rings. The molecule has 3 heteroatoms. The number of nitrogens with zero attached hydrogens (tertiary/aromatic N) is 2. The van der Waals surface area contributed by atoms with E-state index in [-0.39, 0.29) is 0 Å². The van der Waals surface area contributed by atoms with E-state index >= 15 is 0 Å². The van der Waals surface area contributed by atoms with E-state index in [4.69, 9.17) is 0 Å². The van der Waals surface area contributed by atoms with Crippen molar-refractivity contribution in [1.82, 2.24) is 9.97 Å². The average molecular weight is 227 g/mol. The van der Waals surface area contributed by atoms with Crippen LogP contribution in [0.1, 0.15) is 5.69 Å². The molecule has 0 spiro atoms. The maximum absolute atomic E-state index is 4.26. The first-order valence-corrected chi connectivity index (χ1v) is 7.08. The zero-order valence-electron chi connectivity index (χ0n) is 5.55. The zero-order valence-corrected chi connectivity index (χ0v) is 8.40. The van der Waals surface area contributed by atoms with Gasteiger partial charge in [-0.25, -0.2) is 0 Å². The van der Waals surface area contributed by atoms with Crippen LogP contribution >= 0.6 is 0 Å². The van der Waals surface area contributed by atoms with Crippen molar-refractivity contribution in [3.05, 3.63) is 18.0 Å². The molecule has 0 atom stereocenters. The molecule has 1 rings (SSSR count). The van der Waals surface area contributed by atoms with Crippen LogP contribution in [-0.4, -0.2) is 31.1 Å². The molecule has 1 heterocycles. The van der Waals surface area contributed by atoms with E-state index in [2.05, 4.69) is 14.9 Å². The number of hydrogen-bond donors (Lipinski definition) is 0. The van der Waals surface area contributed by atoms with E-state index in [1.165, 1.54) is 0 Å². The van der Waals surface area contributed by atoms with Gasteiger partial charge in [0.25, 0.3) is 0 Å². The van der Waals surface area contributed by atoms with Crippen LogP contribution in [0.4, 0.5) is 0 Å². The van der Waals surface area contributed by atoms with Crippen molar-refractivity contribution in [2.24, 2.45) is 0 Å². The molecule has 1 aromatic rings. The second-order valence-corrected chi connectivity index (χ2v) is 4.48. The quantitative estimate of drug-likeness (QED) is 0.638. The Morgan fingerprint density at radius 1 is 1.56 bits per heavy atom. The Morgan fingerprint density at radius 2 is 2.33 bits per heavy atom. The van der Waals surface area contributed by atoms with Crippen LogP contribution in [0, 0.1) is 6.92 Å². The van der Waals surface area contributed by atoms with E-state index in [1.807, 2.05) is 19.2 Å². The van der Waals surface area contributed by atoms with Crippen molar-refractivity contribution in [3.63, 3.8) is 0 Å². The summed E-state index contributed by atoms with van der Waals surface area (Å²) >= 11 is -0.392. The molecular formula is C6H8N2Sn. The van der Waals surface area contributed by atoms with Gasteiger partial charge < -0.3 is 0 Å². The zero-order chi connectivity index (χ0) is 6.69. The van der Waals surface area contributed by atoms with Crippen LogP contribution in [-0.2, 0) is 0 Å². The molecule has 0 aliphatic carbocycles. The molecule has 0 saturated carbocycles. The summed E-state index contributed by atoms with van der Waals surface area (Å²) in [4.78, 5) is 10.6. The standard InChI is InChI=1S/C5H5N2.CH3.Sn/c1-5-2-3-6-4-7-5;;/h2-3H,1H3;1H3;. The van der Waals surface area contributed by atoms with Crippen molar-refractivity contribution in [1.29, 1.82) is 0 Å². The molecule has 0 unspecified atom stereocenters. The Morgan fingerprint density at radius 3 is 2.78 bits per heavy atom. The fourth-order valence-electron chi connectivity index (χ4n) is 0.569. The van der Waals surface area contributed by atoms with Gasteiger partial charge in [-0.15, -0.1) is 0 Å². The Bertz CT molecular complexity index is 200. The predicted octanol–water partition coefficient (Wildman–Crippen LogP) is 0.163. The molecule has 2 nitrogen and oxygen atoms in total. The van der Waals surface area contributed by atoms with Crippen LogP contribution in [0.5, 0.6) is 0 Å². The van der Waals surface area contributed by atoms with Gasteiger partial charge in [0, 0.05) is 0 Å². The van der Waals surface area contributed by atoms with Crippen molar-refractivity contribution in [2.75, 3.05) is 0 Å². The van der Waals surface area contributed by atoms with Gasteiger partial charge in [-0.3, -0.25) is 0 Å². The van der Waals surface area contributed by atoms with Crippen LogP contribution in [0.25, 0.3) is 0 Å². The van der Waals surface area contributed by atoms with Gasteiger partial charge in [0.15, 0.2) is 0 Å². The third-order valence-corrected chi connectivity index (χ3v) is 2.98. The van der Waals surface area contributed by atoms with Crippen LogP contribution < -0.4 is 3.84 Å². The molecule has 0 aromatic carbocycles. The van der Waals surface area contributed by atoms with Gasteiger partial charge in [0.1, 0.15) is 0 Å². The number of aryl methyl sites for hydroxylation is 1. The third kappa shape index (κ3) is 1.93. The van der Waals surface area contributed by atoms with Crippen molar-refractivity contribution in [2.45, 2.75) is 11.9 Å². The summed E-state index contributed by atoms with van der Waals surface area (Å²) in [5.41, 5.74) is 1.09. The molecule has 0 bridgehead atoms. The van der Waals surface area contributed by atoms with Crippen LogP contribution in [0.2, 0.25) is 4.94 Å². The van der Waals surface area contributed by atoms with E-state index in [0.29, 0.717) is 0 Å². The maximum atomic E-state index is 4.26. The fraction of sp³-hybridized carbons (Fsp3) is 0.333. The molecule has 0 fully saturated rings. The predicted molar refractivity (Wildman–Crippen MR) is 38.0 cm³/mol. The van der Waals surface area contributed by atoms with E-state index in [0.717, 1.165) is 9.53 Å². The number of hydrogen-bond acceptors (Lipinski definition) is 2. The van der Waals surface area contributed by atoms with E-state index in [9.17, 15) is 0 Å². The number of rotatable bonds is 1. The molecule has 46 valence electrons. The molecule has 0 aliphatic heterocycles. The first-order valence-electron chi connectivity index (χ1n) is 2.80. The summed E-state index contributed by atoms with van der Waals surface area (Å²) in [6.07, 6.45) is 1.84. The Labute approximate surface area is 64.9 Å². The summed E-state index contributed by atoms with van der Waals surface area (Å²) in [7, 11) is 0. The molecule has 1 aromatic heterocycles.